The highest BCUT2D eigenvalue weighted by Crippen LogP contribution is 2.44. The summed E-state index contributed by atoms with van der Waals surface area (Å²) >= 11 is 0. The number of carbonyl (C=O) groups excluding carboxylic acids is 2. The van der Waals surface area contributed by atoms with Crippen LogP contribution in [0, 0.1) is 5.92 Å². The number of carbonyl (C=O) groups is 3. The monoisotopic (exact) mass is 476 g/mol. The number of alkyl carbamates (subject to hydrolysis) is 1. The molecule has 0 saturated heterocycles. The second-order valence-electron chi connectivity index (χ2n) is 9.39. The first-order valence-corrected chi connectivity index (χ1v) is 12.2. The normalized spacial score (nSPS) is 16.2. The lowest BCUT2D eigenvalue weighted by Gasteiger charge is -2.25. The van der Waals surface area contributed by atoms with Crippen LogP contribution in [0.25, 0.3) is 11.1 Å². The summed E-state index contributed by atoms with van der Waals surface area (Å²) < 4.78 is 5.55. The number of hydrogen-bond acceptors (Lipinski definition) is 4. The maximum absolute atomic E-state index is 12.8. The zero-order valence-corrected chi connectivity index (χ0v) is 19.8. The average Bonchev–Trinajstić information content (AvgIpc) is 3.18. The highest BCUT2D eigenvalue weighted by Gasteiger charge is 2.30. The second-order valence-corrected chi connectivity index (χ2v) is 9.39. The van der Waals surface area contributed by atoms with Gasteiger partial charge in [-0.2, -0.15) is 0 Å². The van der Waals surface area contributed by atoms with E-state index >= 15 is 0 Å². The van der Waals surface area contributed by atoms with Gasteiger partial charge in [-0.1, -0.05) is 60.7 Å². The summed E-state index contributed by atoms with van der Waals surface area (Å²) in [5.74, 6) is -1.15. The highest BCUT2D eigenvalue weighted by molar-refractivity contribution is 5.86. The molecule has 35 heavy (non-hydrogen) atoms. The van der Waals surface area contributed by atoms with Gasteiger partial charge in [-0.15, -0.1) is 0 Å². The minimum atomic E-state index is -1.03. The Morgan fingerprint density at radius 3 is 2.20 bits per heavy atom. The lowest BCUT2D eigenvalue weighted by Crippen LogP contribution is -2.48. The van der Waals surface area contributed by atoms with Crippen LogP contribution in [-0.4, -0.2) is 42.3 Å². The quantitative estimate of drug-likeness (QED) is 0.458. The Kier molecular flexibility index (Phi) is 7.85. The number of aliphatic carboxylic acids is 1. The maximum Gasteiger partial charge on any atom is 0.407 e. The predicted molar refractivity (Wildman–Crippen MR) is 133 cm³/mol. The van der Waals surface area contributed by atoms with E-state index in [4.69, 9.17) is 9.84 Å². The van der Waals surface area contributed by atoms with Crippen molar-refractivity contribution in [1.29, 1.82) is 0 Å². The number of carboxylic acids is 1. The van der Waals surface area contributed by atoms with Crippen molar-refractivity contribution in [2.45, 2.75) is 50.5 Å². The lowest BCUT2D eigenvalue weighted by atomic mass is 9.86. The third-order valence-corrected chi connectivity index (χ3v) is 6.98. The van der Waals surface area contributed by atoms with Gasteiger partial charge in [0.05, 0.1) is 0 Å². The van der Waals surface area contributed by atoms with Crippen LogP contribution in [0.2, 0.25) is 0 Å². The van der Waals surface area contributed by atoms with E-state index in [1.165, 1.54) is 5.57 Å². The number of hydrogen-bond donors (Lipinski definition) is 3. The van der Waals surface area contributed by atoms with Crippen molar-refractivity contribution in [2.75, 3.05) is 13.2 Å². The zero-order chi connectivity index (χ0) is 24.8. The van der Waals surface area contributed by atoms with Crippen molar-refractivity contribution < 1.29 is 24.2 Å². The maximum atomic E-state index is 12.8. The van der Waals surface area contributed by atoms with E-state index in [2.05, 4.69) is 29.3 Å². The van der Waals surface area contributed by atoms with Gasteiger partial charge in [0, 0.05) is 18.9 Å². The Labute approximate surface area is 205 Å². The Morgan fingerprint density at radius 1 is 1.00 bits per heavy atom. The summed E-state index contributed by atoms with van der Waals surface area (Å²) in [7, 11) is 0. The number of allylic oxidation sites excluding steroid dienone is 1. The third-order valence-electron chi connectivity index (χ3n) is 6.98. The Bertz CT molecular complexity index is 1060. The fourth-order valence-electron chi connectivity index (χ4n) is 4.98. The standard InChI is InChI=1S/C28H32N2O5/c1-18-10-12-19(13-11-18)16-29-27(33)25(14-15-26(31)32)30-28(34)35-17-24-22-8-4-2-6-20(22)21-7-3-5-9-23(21)24/h2-9,19,24-25H,1,10-17H2,(H,29,33)(H,30,34)(H,31,32). The Balaban J connectivity index is 1.35. The molecule has 2 aromatic carbocycles. The second kappa shape index (κ2) is 11.2. The number of nitrogens with one attached hydrogen (secondary N) is 2. The minimum Gasteiger partial charge on any atom is -0.481 e. The molecule has 2 aromatic rings. The number of benzene rings is 2. The van der Waals surface area contributed by atoms with Gasteiger partial charge in [0.2, 0.25) is 5.91 Å². The van der Waals surface area contributed by atoms with Crippen LogP contribution in [0.4, 0.5) is 4.79 Å². The summed E-state index contributed by atoms with van der Waals surface area (Å²) in [5.41, 5.74) is 5.68. The molecule has 2 aliphatic rings. The first-order valence-electron chi connectivity index (χ1n) is 12.2. The summed E-state index contributed by atoms with van der Waals surface area (Å²) in [6.45, 7) is 4.64. The molecule has 3 N–H and O–H groups in total. The SMILES string of the molecule is C=C1CCC(CNC(=O)C(CCC(=O)O)NC(=O)OCC2c3ccccc3-c3ccccc32)CC1. The van der Waals surface area contributed by atoms with Crippen molar-refractivity contribution in [3.8, 4) is 11.1 Å². The van der Waals surface area contributed by atoms with E-state index in [0.29, 0.717) is 12.5 Å². The zero-order valence-electron chi connectivity index (χ0n) is 19.8. The number of fused-ring (bicyclic) bond motifs is 3. The van der Waals surface area contributed by atoms with Crippen molar-refractivity contribution in [1.82, 2.24) is 10.6 Å². The van der Waals surface area contributed by atoms with Crippen molar-refractivity contribution in [2.24, 2.45) is 5.92 Å². The van der Waals surface area contributed by atoms with Crippen LogP contribution in [-0.2, 0) is 14.3 Å². The molecule has 2 amide bonds. The summed E-state index contributed by atoms with van der Waals surface area (Å²) in [4.78, 5) is 36.5. The molecule has 7 nitrogen and oxygen atoms in total. The van der Waals surface area contributed by atoms with Crippen molar-refractivity contribution in [3.63, 3.8) is 0 Å². The minimum absolute atomic E-state index is 0.00711. The molecule has 0 radical (unpaired) electrons. The fraction of sp³-hybridized carbons (Fsp3) is 0.393. The molecule has 1 fully saturated rings. The van der Waals surface area contributed by atoms with Gasteiger partial charge in [-0.05, 0) is 60.3 Å². The van der Waals surface area contributed by atoms with E-state index < -0.39 is 18.1 Å². The molecule has 0 spiro atoms. The topological polar surface area (TPSA) is 105 Å². The summed E-state index contributed by atoms with van der Waals surface area (Å²) in [6, 6.07) is 15.1. The van der Waals surface area contributed by atoms with Crippen LogP contribution < -0.4 is 10.6 Å². The molecule has 7 heteroatoms. The first kappa shape index (κ1) is 24.5. The number of ether oxygens (including phenoxy) is 1. The molecule has 1 atom stereocenters. The predicted octanol–water partition coefficient (Wildman–Crippen LogP) is 4.62. The first-order chi connectivity index (χ1) is 16.9. The average molecular weight is 477 g/mol. The van der Waals surface area contributed by atoms with E-state index in [1.54, 1.807) is 0 Å². The van der Waals surface area contributed by atoms with E-state index in [0.717, 1.165) is 47.9 Å². The molecule has 0 heterocycles. The van der Waals surface area contributed by atoms with Gasteiger partial charge < -0.3 is 20.5 Å². The Morgan fingerprint density at radius 2 is 1.60 bits per heavy atom. The summed E-state index contributed by atoms with van der Waals surface area (Å²) in [6.07, 6.45) is 2.89. The van der Waals surface area contributed by atoms with Crippen LogP contribution in [0.15, 0.2) is 60.7 Å². The highest BCUT2D eigenvalue weighted by atomic mass is 16.5. The van der Waals surface area contributed by atoms with E-state index in [9.17, 15) is 14.4 Å². The largest absolute Gasteiger partial charge is 0.481 e. The summed E-state index contributed by atoms with van der Waals surface area (Å²) in [5, 5.41) is 14.6. The van der Waals surface area contributed by atoms with E-state index in [1.807, 2.05) is 36.4 Å². The molecule has 1 unspecified atom stereocenters. The van der Waals surface area contributed by atoms with Gasteiger partial charge in [-0.25, -0.2) is 4.79 Å². The third kappa shape index (κ3) is 6.10. The van der Waals surface area contributed by atoms with Gasteiger partial charge in [0.25, 0.3) is 0 Å². The van der Waals surface area contributed by atoms with Gasteiger partial charge in [-0.3, -0.25) is 9.59 Å². The van der Waals surface area contributed by atoms with Crippen LogP contribution in [0.5, 0.6) is 0 Å². The molecule has 1 saturated carbocycles. The van der Waals surface area contributed by atoms with Crippen molar-refractivity contribution >= 4 is 18.0 Å². The fourth-order valence-corrected chi connectivity index (χ4v) is 4.98. The van der Waals surface area contributed by atoms with Crippen LogP contribution in [0.3, 0.4) is 0 Å². The number of carboxylic acid groups (broad SMARTS) is 1. The number of amides is 2. The van der Waals surface area contributed by atoms with E-state index in [-0.39, 0.29) is 31.3 Å². The smallest absolute Gasteiger partial charge is 0.407 e. The number of rotatable bonds is 9. The molecular formula is C28H32N2O5. The molecule has 0 aliphatic heterocycles. The Hall–Kier alpha value is -3.61. The lowest BCUT2D eigenvalue weighted by molar-refractivity contribution is -0.137. The molecule has 4 rings (SSSR count). The molecule has 2 aliphatic carbocycles. The van der Waals surface area contributed by atoms with Crippen LogP contribution >= 0.6 is 0 Å². The molecular weight excluding hydrogens is 444 g/mol. The van der Waals surface area contributed by atoms with Gasteiger partial charge in [0.15, 0.2) is 0 Å². The van der Waals surface area contributed by atoms with Crippen LogP contribution in [0.1, 0.15) is 55.6 Å². The van der Waals surface area contributed by atoms with Crippen molar-refractivity contribution in [3.05, 3.63) is 71.8 Å². The van der Waals surface area contributed by atoms with Gasteiger partial charge in [0.1, 0.15) is 12.6 Å². The molecule has 0 aromatic heterocycles. The molecule has 184 valence electrons. The van der Waals surface area contributed by atoms with Gasteiger partial charge >= 0.3 is 12.1 Å². The molecule has 0 bridgehead atoms.